The van der Waals surface area contributed by atoms with Gasteiger partial charge in [0.25, 0.3) is 5.91 Å². The van der Waals surface area contributed by atoms with Gasteiger partial charge in [0.2, 0.25) is 0 Å². The van der Waals surface area contributed by atoms with Gasteiger partial charge in [-0.3, -0.25) is 9.78 Å². The highest BCUT2D eigenvalue weighted by Gasteiger charge is 2.33. The van der Waals surface area contributed by atoms with Crippen LogP contribution in [0, 0.1) is 0 Å². The lowest BCUT2D eigenvalue weighted by Crippen LogP contribution is -2.24. The van der Waals surface area contributed by atoms with Crippen LogP contribution < -0.4 is 0 Å². The number of pyridine rings is 1. The van der Waals surface area contributed by atoms with Crippen molar-refractivity contribution >= 4 is 29.6 Å². The van der Waals surface area contributed by atoms with Gasteiger partial charge >= 0.3 is 11.9 Å². The molecule has 1 aliphatic heterocycles. The van der Waals surface area contributed by atoms with Gasteiger partial charge in [-0.1, -0.05) is 0 Å². The number of fused-ring (bicyclic) bond motifs is 1. The van der Waals surface area contributed by atoms with E-state index < -0.39 is 23.1 Å². The molecule has 0 spiro atoms. The largest absolute Gasteiger partial charge is 0.457 e. The van der Waals surface area contributed by atoms with Crippen LogP contribution in [0.2, 0.25) is 0 Å². The van der Waals surface area contributed by atoms with E-state index in [4.69, 9.17) is 9.47 Å². The number of hydrogen-bond acceptors (Lipinski definition) is 6. The average Bonchev–Trinajstić information content (AvgIpc) is 2.75. The molecule has 0 saturated carbocycles. The van der Waals surface area contributed by atoms with E-state index in [1.165, 1.54) is 35.5 Å². The molecule has 2 heterocycles. The monoisotopic (exact) mass is 386 g/mol. The first-order valence-corrected chi connectivity index (χ1v) is 8.91. The molecule has 1 amide bonds. The van der Waals surface area contributed by atoms with Crippen molar-refractivity contribution in [3.05, 3.63) is 41.2 Å². The fourth-order valence-electron chi connectivity index (χ4n) is 2.60. The Balaban J connectivity index is 2.37. The molecule has 1 aromatic rings. The van der Waals surface area contributed by atoms with Crippen LogP contribution >= 0.6 is 0 Å². The summed E-state index contributed by atoms with van der Waals surface area (Å²) in [6, 6.07) is 0. The van der Waals surface area contributed by atoms with E-state index in [9.17, 15) is 14.4 Å². The van der Waals surface area contributed by atoms with Crippen molar-refractivity contribution in [3.63, 3.8) is 0 Å². The average molecular weight is 386 g/mol. The summed E-state index contributed by atoms with van der Waals surface area (Å²) in [6.07, 6.45) is 7.02. The molecule has 150 valence electrons. The van der Waals surface area contributed by atoms with Gasteiger partial charge in [-0.15, -0.1) is 0 Å². The molecule has 28 heavy (non-hydrogen) atoms. The van der Waals surface area contributed by atoms with Gasteiger partial charge in [-0.2, -0.15) is 0 Å². The summed E-state index contributed by atoms with van der Waals surface area (Å²) in [4.78, 5) is 42.3. The summed E-state index contributed by atoms with van der Waals surface area (Å²) in [5.41, 5.74) is 0.477. The number of hydrogen-bond donors (Lipinski definition) is 0. The molecule has 0 aliphatic carbocycles. The van der Waals surface area contributed by atoms with E-state index in [2.05, 4.69) is 4.98 Å². The first-order valence-electron chi connectivity index (χ1n) is 8.91. The standard InChI is InChI=1S/C21H26N2O5/c1-20(2,3)27-16(24)9-8-13-11-22-12-14-15(23(7)19(26)18(13)14)10-17(25)28-21(4,5)6/h8-12H,1-7H3/b9-8+,15-10+. The number of carbonyl (C=O) groups excluding carboxylic acids is 3. The Morgan fingerprint density at radius 3 is 2.14 bits per heavy atom. The Morgan fingerprint density at radius 2 is 1.57 bits per heavy atom. The number of aromatic nitrogens is 1. The van der Waals surface area contributed by atoms with Gasteiger partial charge in [0.05, 0.1) is 11.3 Å². The third kappa shape index (κ3) is 5.28. The Labute approximate surface area is 165 Å². The molecule has 7 heteroatoms. The molecule has 0 aromatic carbocycles. The maximum absolute atomic E-state index is 12.7. The first kappa shape index (κ1) is 21.3. The van der Waals surface area contributed by atoms with Crippen molar-refractivity contribution in [2.24, 2.45) is 0 Å². The van der Waals surface area contributed by atoms with Crippen molar-refractivity contribution in [3.8, 4) is 0 Å². The zero-order valence-electron chi connectivity index (χ0n) is 17.3. The van der Waals surface area contributed by atoms with Crippen LogP contribution in [0.4, 0.5) is 0 Å². The Kier molecular flexibility index (Phi) is 5.77. The molecule has 0 atom stereocenters. The smallest absolute Gasteiger partial charge is 0.333 e. The summed E-state index contributed by atoms with van der Waals surface area (Å²) < 4.78 is 10.5. The zero-order valence-corrected chi connectivity index (χ0v) is 17.3. The molecule has 1 aliphatic rings. The third-order valence-corrected chi connectivity index (χ3v) is 3.60. The van der Waals surface area contributed by atoms with E-state index in [0.29, 0.717) is 22.4 Å². The van der Waals surface area contributed by atoms with Crippen LogP contribution in [0.3, 0.4) is 0 Å². The van der Waals surface area contributed by atoms with Crippen LogP contribution in [0.15, 0.2) is 24.5 Å². The van der Waals surface area contributed by atoms with Crippen LogP contribution in [-0.4, -0.2) is 46.0 Å². The van der Waals surface area contributed by atoms with E-state index in [1.54, 1.807) is 48.6 Å². The number of rotatable bonds is 3. The van der Waals surface area contributed by atoms with Gasteiger partial charge < -0.3 is 14.4 Å². The molecule has 0 unspecified atom stereocenters. The quantitative estimate of drug-likeness (QED) is 0.586. The van der Waals surface area contributed by atoms with Crippen molar-refractivity contribution in [2.45, 2.75) is 52.7 Å². The number of nitrogens with zero attached hydrogens (tertiary/aromatic N) is 2. The number of esters is 2. The molecule has 0 bridgehead atoms. The van der Waals surface area contributed by atoms with Gasteiger partial charge in [0.15, 0.2) is 0 Å². The molecular formula is C21H26N2O5. The zero-order chi connectivity index (χ0) is 21.3. The maximum Gasteiger partial charge on any atom is 0.333 e. The van der Waals surface area contributed by atoms with Gasteiger partial charge in [-0.25, -0.2) is 9.59 Å². The lowest BCUT2D eigenvalue weighted by atomic mass is 10.0. The van der Waals surface area contributed by atoms with Crippen molar-refractivity contribution in [2.75, 3.05) is 7.05 Å². The molecule has 0 saturated heterocycles. The fraction of sp³-hybridized carbons (Fsp3) is 0.429. The molecule has 2 rings (SSSR count). The predicted octanol–water partition coefficient (Wildman–Crippen LogP) is 3.20. The SMILES string of the molecule is CN1C(=O)c2c(/C=C/C(=O)OC(C)(C)C)cncc2/C1=C\C(=O)OC(C)(C)C. The van der Waals surface area contributed by atoms with Gasteiger partial charge in [-0.05, 0) is 47.6 Å². The first-order chi connectivity index (χ1) is 12.8. The van der Waals surface area contributed by atoms with Gasteiger partial charge in [0.1, 0.15) is 11.2 Å². The minimum absolute atomic E-state index is 0.295. The summed E-state index contributed by atoms with van der Waals surface area (Å²) in [7, 11) is 1.57. The highest BCUT2D eigenvalue weighted by molar-refractivity contribution is 6.13. The highest BCUT2D eigenvalue weighted by Crippen LogP contribution is 2.33. The van der Waals surface area contributed by atoms with Crippen molar-refractivity contribution in [1.29, 1.82) is 0 Å². The van der Waals surface area contributed by atoms with Crippen LogP contribution in [0.1, 0.15) is 63.0 Å². The normalized spacial score (nSPS) is 15.9. The minimum atomic E-state index is -0.644. The minimum Gasteiger partial charge on any atom is -0.457 e. The van der Waals surface area contributed by atoms with Crippen molar-refractivity contribution < 1.29 is 23.9 Å². The highest BCUT2D eigenvalue weighted by atomic mass is 16.6. The molecule has 0 fully saturated rings. The van der Waals surface area contributed by atoms with E-state index >= 15 is 0 Å². The molecule has 0 N–H and O–H groups in total. The summed E-state index contributed by atoms with van der Waals surface area (Å²) >= 11 is 0. The van der Waals surface area contributed by atoms with Crippen LogP contribution in [0.5, 0.6) is 0 Å². The van der Waals surface area contributed by atoms with Crippen LogP contribution in [0.25, 0.3) is 11.8 Å². The summed E-state index contributed by atoms with van der Waals surface area (Å²) in [5, 5.41) is 0. The fourth-order valence-corrected chi connectivity index (χ4v) is 2.60. The third-order valence-electron chi connectivity index (χ3n) is 3.60. The lowest BCUT2D eigenvalue weighted by Gasteiger charge is -2.19. The van der Waals surface area contributed by atoms with E-state index in [-0.39, 0.29) is 5.91 Å². The van der Waals surface area contributed by atoms with E-state index in [1.807, 2.05) is 0 Å². The second-order valence-electron chi connectivity index (χ2n) is 8.45. The Bertz CT molecular complexity index is 870. The number of amides is 1. The Morgan fingerprint density at radius 1 is 1.00 bits per heavy atom. The molecule has 0 radical (unpaired) electrons. The second kappa shape index (κ2) is 7.58. The second-order valence-corrected chi connectivity index (χ2v) is 8.45. The number of ether oxygens (including phenoxy) is 2. The number of carbonyl (C=O) groups is 3. The van der Waals surface area contributed by atoms with E-state index in [0.717, 1.165) is 0 Å². The molecular weight excluding hydrogens is 360 g/mol. The topological polar surface area (TPSA) is 85.8 Å². The maximum atomic E-state index is 12.7. The summed E-state index contributed by atoms with van der Waals surface area (Å²) in [5.74, 6) is -1.37. The molecule has 1 aromatic heterocycles. The van der Waals surface area contributed by atoms with Crippen molar-refractivity contribution in [1.82, 2.24) is 9.88 Å². The lowest BCUT2D eigenvalue weighted by molar-refractivity contribution is -0.149. The van der Waals surface area contributed by atoms with Crippen LogP contribution in [-0.2, 0) is 19.1 Å². The summed E-state index contributed by atoms with van der Waals surface area (Å²) in [6.45, 7) is 10.6. The predicted molar refractivity (Wildman–Crippen MR) is 105 cm³/mol. The molecule has 7 nitrogen and oxygen atoms in total. The Hall–Kier alpha value is -2.96. The van der Waals surface area contributed by atoms with Gasteiger partial charge in [0, 0.05) is 42.7 Å².